The Morgan fingerprint density at radius 1 is 0.440 bits per heavy atom. The van der Waals surface area contributed by atoms with Gasteiger partial charge in [-0.25, -0.2) is 19.2 Å². The average molecular weight is 1280 g/mol. The molecule has 4 rings (SSSR count). The largest absolute Gasteiger partial charge is 0.458 e. The van der Waals surface area contributed by atoms with Crippen LogP contribution >= 0.6 is 0 Å². The normalized spacial score (nSPS) is 13.2. The molecule has 460 valence electrons. The zero-order valence-corrected chi connectivity index (χ0v) is 58.5. The fraction of sp³-hybridized carbons (Fsp3) is 0.410. The van der Waals surface area contributed by atoms with E-state index in [0.717, 1.165) is 70.5 Å². The van der Waals surface area contributed by atoms with Crippen LogP contribution < -0.4 is 0 Å². The molecule has 0 aliphatic rings. The fourth-order valence-corrected chi connectivity index (χ4v) is 40.1. The Morgan fingerprint density at radius 2 is 0.762 bits per heavy atom. The van der Waals surface area contributed by atoms with E-state index in [-0.39, 0.29) is 32.5 Å². The minimum absolute atomic E-state index is 0.0865. The molecule has 4 aromatic carbocycles. The van der Waals surface area contributed by atoms with Crippen LogP contribution in [0.5, 0.6) is 0 Å². The summed E-state index contributed by atoms with van der Waals surface area (Å²) in [4.78, 5) is 45.6. The Morgan fingerprint density at radius 3 is 1.11 bits per heavy atom. The first-order valence-corrected chi connectivity index (χ1v) is 48.0. The lowest BCUT2D eigenvalue weighted by molar-refractivity contribution is -0.139. The summed E-state index contributed by atoms with van der Waals surface area (Å²) in [5.41, 5.74) is 8.06. The lowest BCUT2D eigenvalue weighted by Gasteiger charge is -2.41. The summed E-state index contributed by atoms with van der Waals surface area (Å²) >= 11 is 0. The number of aryl methyl sites for hydroxylation is 2. The second kappa shape index (κ2) is 33.7. The van der Waals surface area contributed by atoms with E-state index in [1.165, 1.54) is 23.3 Å². The second-order valence-corrected chi connectivity index (χ2v) is 50.5. The Kier molecular flexibility index (Phi) is 29.3. The molecule has 0 N–H and O–H groups in total. The number of hydrogen-bond donors (Lipinski definition) is 0. The van der Waals surface area contributed by atoms with Gasteiger partial charge in [0.2, 0.25) is 0 Å². The van der Waals surface area contributed by atoms with Gasteiger partial charge in [0.05, 0.1) is 0 Å². The molecule has 0 aromatic heterocycles. The molecular weight excluding hydrogens is 1190 g/mol. The van der Waals surface area contributed by atoms with Gasteiger partial charge in [-0.15, -0.1) is 0 Å². The Balaban J connectivity index is 0.000000465. The molecule has 0 saturated heterocycles. The molecular formula is C61H89F3O13Si7. The highest BCUT2D eigenvalue weighted by molar-refractivity contribution is 6.88. The molecule has 0 saturated carbocycles. The van der Waals surface area contributed by atoms with E-state index in [2.05, 4.69) is 89.9 Å². The predicted octanol–water partition coefficient (Wildman–Crippen LogP) is 14.4. The maximum Gasteiger partial charge on any atom is 0.389 e. The summed E-state index contributed by atoms with van der Waals surface area (Å²) < 4.78 is 94.3. The van der Waals surface area contributed by atoms with Crippen molar-refractivity contribution >= 4 is 83.6 Å². The van der Waals surface area contributed by atoms with E-state index in [9.17, 15) is 32.3 Å². The van der Waals surface area contributed by atoms with Crippen molar-refractivity contribution in [3.05, 3.63) is 192 Å². The summed E-state index contributed by atoms with van der Waals surface area (Å²) in [6, 6.07) is 34.7. The van der Waals surface area contributed by atoms with Crippen molar-refractivity contribution in [3.63, 3.8) is 0 Å². The third-order valence-corrected chi connectivity index (χ3v) is 38.9. The van der Waals surface area contributed by atoms with Crippen LogP contribution in [0.25, 0.3) is 0 Å². The van der Waals surface area contributed by atoms with Crippen LogP contribution in [-0.2, 0) is 110 Å². The van der Waals surface area contributed by atoms with Gasteiger partial charge in [0, 0.05) is 30.7 Å². The Labute approximate surface area is 505 Å². The predicted molar refractivity (Wildman–Crippen MR) is 343 cm³/mol. The van der Waals surface area contributed by atoms with Crippen molar-refractivity contribution in [2.24, 2.45) is 0 Å². The van der Waals surface area contributed by atoms with Crippen molar-refractivity contribution in [1.82, 2.24) is 0 Å². The monoisotopic (exact) mass is 1280 g/mol. The summed E-state index contributed by atoms with van der Waals surface area (Å²) in [6.07, 6.45) is 1.10. The van der Waals surface area contributed by atoms with Gasteiger partial charge in [-0.2, -0.15) is 13.2 Å². The standard InChI is InChI=1S/C33H51F3O8Si5.C28H38O5Si2/c1-11-31(37)39-23-27-15-13-17-29(21-27)25-46(4,5)41-45(3)42-48(8,9)44-49(10,20-19-33(34,35)36)43-47(6,7)26-30-18-14-16-28(22-30)24-40-32(38)12-2;1-7-27(29)31-21-25-13-9-11-23(19-25)15-17-34(3,4)33-35(5,6)18-16-24-12-10-14-26(20-24)22-32-28(30)8-2/h11-18,21-22,45H,1-2,19-20,23-26H2,3-10H3;7-14,19-20H,1-2,15-18,21-22H2,3-6H3. The van der Waals surface area contributed by atoms with Crippen LogP contribution in [0, 0.1) is 0 Å². The topological polar surface area (TPSA) is 151 Å². The zero-order chi connectivity index (χ0) is 63.0. The number of carbonyl (C=O) groups is 4. The average Bonchev–Trinajstić information content (AvgIpc) is 2.81. The smallest absolute Gasteiger partial charge is 0.389 e. The van der Waals surface area contributed by atoms with Gasteiger partial charge >= 0.3 is 47.2 Å². The first-order valence-electron chi connectivity index (χ1n) is 28.1. The van der Waals surface area contributed by atoms with E-state index < -0.39 is 96.1 Å². The molecule has 0 radical (unpaired) electrons. The highest BCUT2D eigenvalue weighted by Gasteiger charge is 2.47. The molecule has 0 fully saturated rings. The minimum Gasteiger partial charge on any atom is -0.458 e. The highest BCUT2D eigenvalue weighted by Crippen LogP contribution is 2.33. The van der Waals surface area contributed by atoms with E-state index in [1.54, 1.807) is 6.55 Å². The number of ether oxygens (including phenoxy) is 4. The van der Waals surface area contributed by atoms with Gasteiger partial charge in [0.15, 0.2) is 33.3 Å². The first-order chi connectivity index (χ1) is 39.0. The summed E-state index contributed by atoms with van der Waals surface area (Å²) in [5.74, 6) is -1.83. The first kappa shape index (κ1) is 73.1. The van der Waals surface area contributed by atoms with Gasteiger partial charge in [-0.3, -0.25) is 0 Å². The van der Waals surface area contributed by atoms with E-state index in [0.29, 0.717) is 12.1 Å². The van der Waals surface area contributed by atoms with Crippen LogP contribution in [0.3, 0.4) is 0 Å². The molecule has 84 heavy (non-hydrogen) atoms. The molecule has 0 aliphatic heterocycles. The molecule has 0 heterocycles. The van der Waals surface area contributed by atoms with Gasteiger partial charge in [0.1, 0.15) is 26.4 Å². The minimum atomic E-state index is -4.36. The van der Waals surface area contributed by atoms with Crippen LogP contribution in [0.4, 0.5) is 13.2 Å². The van der Waals surface area contributed by atoms with Crippen LogP contribution in [-0.4, -0.2) is 89.7 Å². The molecule has 2 atom stereocenters. The number of carbonyl (C=O) groups excluding carboxylic acids is 4. The molecule has 0 aliphatic carbocycles. The van der Waals surface area contributed by atoms with Gasteiger partial charge in [0.25, 0.3) is 9.28 Å². The Bertz CT molecular complexity index is 2760. The number of benzene rings is 4. The third-order valence-electron chi connectivity index (χ3n) is 12.8. The quantitative estimate of drug-likeness (QED) is 0.0189. The van der Waals surface area contributed by atoms with Crippen LogP contribution in [0.1, 0.15) is 50.9 Å². The number of esters is 4. The van der Waals surface area contributed by atoms with E-state index in [4.69, 9.17) is 39.5 Å². The molecule has 2 unspecified atom stereocenters. The lowest BCUT2D eigenvalue weighted by atomic mass is 10.1. The van der Waals surface area contributed by atoms with Crippen LogP contribution in [0.2, 0.25) is 96.7 Å². The highest BCUT2D eigenvalue weighted by atomic mass is 28.5. The van der Waals surface area contributed by atoms with Crippen molar-refractivity contribution in [2.75, 3.05) is 0 Å². The van der Waals surface area contributed by atoms with Crippen LogP contribution in [0.15, 0.2) is 148 Å². The van der Waals surface area contributed by atoms with Gasteiger partial charge < -0.3 is 39.5 Å². The lowest BCUT2D eigenvalue weighted by Crippen LogP contribution is -2.57. The van der Waals surface area contributed by atoms with Crippen molar-refractivity contribution in [1.29, 1.82) is 0 Å². The number of alkyl halides is 3. The van der Waals surface area contributed by atoms with Gasteiger partial charge in [-0.1, -0.05) is 123 Å². The second-order valence-electron chi connectivity index (χ2n) is 23.7. The Hall–Kier alpha value is -5.17. The maximum absolute atomic E-state index is 13.5. The molecule has 4 aromatic rings. The van der Waals surface area contributed by atoms with E-state index in [1.807, 2.05) is 106 Å². The third kappa shape index (κ3) is 30.8. The van der Waals surface area contributed by atoms with Crippen molar-refractivity contribution in [2.45, 2.75) is 161 Å². The maximum atomic E-state index is 13.5. The summed E-state index contributed by atoms with van der Waals surface area (Å²) in [5, 5.41) is 0. The molecule has 13 nitrogen and oxygen atoms in total. The van der Waals surface area contributed by atoms with Crippen molar-refractivity contribution < 1.29 is 71.9 Å². The molecule has 0 bridgehead atoms. The zero-order valence-electron chi connectivity index (χ0n) is 51.4. The number of halogens is 3. The number of hydrogen-bond acceptors (Lipinski definition) is 13. The molecule has 23 heteroatoms. The molecule has 0 spiro atoms. The fourth-order valence-electron chi connectivity index (χ4n) is 9.56. The van der Waals surface area contributed by atoms with Gasteiger partial charge in [-0.05, 0) is 166 Å². The van der Waals surface area contributed by atoms with Crippen molar-refractivity contribution in [3.8, 4) is 0 Å². The SMILES string of the molecule is C=CC(=O)OCc1cccc(CC[Si](C)(C)O[Si](C)(C)CCc2cccc(COC(=O)C=C)c2)c1.C=CC(=O)OCc1cccc(C[Si](C)(C)O[SiH](C)O[Si](C)(C)O[Si](C)(CCC(F)(F)F)O[Si](C)(C)Cc2cccc(COC(=O)C=C)c2)c1. The summed E-state index contributed by atoms with van der Waals surface area (Å²) in [6.45, 7) is 39.1. The summed E-state index contributed by atoms with van der Waals surface area (Å²) in [7, 11) is -17.4. The van der Waals surface area contributed by atoms with E-state index >= 15 is 0 Å². The number of rotatable bonds is 34. The molecule has 0 amide bonds.